The van der Waals surface area contributed by atoms with E-state index in [4.69, 9.17) is 4.42 Å². The quantitative estimate of drug-likeness (QED) is 0.809. The third-order valence-electron chi connectivity index (χ3n) is 5.71. The van der Waals surface area contributed by atoms with Crippen molar-refractivity contribution >= 4 is 29.1 Å². The normalized spacial score (nSPS) is 19.5. The largest absolute Gasteiger partial charge is 0.466 e. The maximum Gasteiger partial charge on any atom is 0.244 e. The molecule has 0 radical (unpaired) electrons. The Morgan fingerprint density at radius 2 is 2.03 bits per heavy atom. The number of benzene rings is 1. The summed E-state index contributed by atoms with van der Waals surface area (Å²) in [6, 6.07) is 9.04. The Labute approximate surface area is 175 Å². The van der Waals surface area contributed by atoms with Gasteiger partial charge >= 0.3 is 0 Å². The molecule has 0 fully saturated rings. The van der Waals surface area contributed by atoms with E-state index in [1.165, 1.54) is 4.90 Å². The van der Waals surface area contributed by atoms with Crippen LogP contribution in [0.3, 0.4) is 0 Å². The number of carbonyl (C=O) groups excluding carboxylic acids is 3. The van der Waals surface area contributed by atoms with E-state index in [9.17, 15) is 14.4 Å². The predicted octanol–water partition coefficient (Wildman–Crippen LogP) is 3.48. The van der Waals surface area contributed by atoms with Gasteiger partial charge < -0.3 is 20.0 Å². The van der Waals surface area contributed by atoms with Gasteiger partial charge in [-0.15, -0.1) is 0 Å². The van der Waals surface area contributed by atoms with Crippen LogP contribution < -0.4 is 15.5 Å². The Morgan fingerprint density at radius 3 is 2.83 bits per heavy atom. The van der Waals surface area contributed by atoms with E-state index in [-0.39, 0.29) is 48.6 Å². The molecule has 1 aromatic carbocycles. The highest BCUT2D eigenvalue weighted by molar-refractivity contribution is 6.10. The standard InChI is InChI=1S/C23H27N3O4/c1-14-10-15-17(11-23(2,3)12-19(15)30-14)25-20(27)8-9-22(29)26-13-21(28)24-16-6-4-5-7-18(16)26/h4-7,10,17H,8-9,11-13H2,1-3H3,(H,24,28)(H,25,27). The first-order valence-electron chi connectivity index (χ1n) is 10.3. The fraction of sp³-hybridized carbons (Fsp3) is 0.435. The van der Waals surface area contributed by atoms with Crippen LogP contribution in [-0.2, 0) is 20.8 Å². The smallest absolute Gasteiger partial charge is 0.244 e. The lowest BCUT2D eigenvalue weighted by Gasteiger charge is -2.34. The van der Waals surface area contributed by atoms with E-state index in [1.807, 2.05) is 19.1 Å². The Kier molecular flexibility index (Phi) is 5.13. The van der Waals surface area contributed by atoms with Crippen LogP contribution in [0.2, 0.25) is 0 Å². The van der Waals surface area contributed by atoms with Crippen LogP contribution in [-0.4, -0.2) is 24.3 Å². The van der Waals surface area contributed by atoms with Crippen LogP contribution in [0.5, 0.6) is 0 Å². The van der Waals surface area contributed by atoms with Crippen LogP contribution in [0.25, 0.3) is 0 Å². The van der Waals surface area contributed by atoms with E-state index in [1.54, 1.807) is 18.2 Å². The van der Waals surface area contributed by atoms with Crippen molar-refractivity contribution in [3.8, 4) is 0 Å². The van der Waals surface area contributed by atoms with Crippen LogP contribution in [0.15, 0.2) is 34.7 Å². The molecule has 2 N–H and O–H groups in total. The highest BCUT2D eigenvalue weighted by Gasteiger charge is 2.35. The summed E-state index contributed by atoms with van der Waals surface area (Å²) in [5, 5.41) is 5.84. The number of fused-ring (bicyclic) bond motifs is 2. The lowest BCUT2D eigenvalue weighted by molar-refractivity contribution is -0.126. The minimum atomic E-state index is -0.240. The Bertz CT molecular complexity index is 1010. The summed E-state index contributed by atoms with van der Waals surface area (Å²) in [6.07, 6.45) is 1.78. The fourth-order valence-corrected chi connectivity index (χ4v) is 4.39. The number of hydrogen-bond acceptors (Lipinski definition) is 4. The second-order valence-electron chi connectivity index (χ2n) is 8.95. The van der Waals surface area contributed by atoms with Gasteiger partial charge in [0.2, 0.25) is 17.7 Å². The Hall–Kier alpha value is -3.09. The molecule has 1 unspecified atom stereocenters. The number of aryl methyl sites for hydroxylation is 1. The van der Waals surface area contributed by atoms with Gasteiger partial charge in [0.05, 0.1) is 17.4 Å². The van der Waals surface area contributed by atoms with Crippen LogP contribution >= 0.6 is 0 Å². The number of para-hydroxylation sites is 2. The van der Waals surface area contributed by atoms with E-state index >= 15 is 0 Å². The van der Waals surface area contributed by atoms with Gasteiger partial charge in [0.15, 0.2) is 0 Å². The minimum Gasteiger partial charge on any atom is -0.466 e. The average molecular weight is 409 g/mol. The van der Waals surface area contributed by atoms with E-state index < -0.39 is 0 Å². The van der Waals surface area contributed by atoms with Gasteiger partial charge in [-0.05, 0) is 37.0 Å². The molecule has 0 saturated heterocycles. The highest BCUT2D eigenvalue weighted by Crippen LogP contribution is 2.42. The number of anilines is 2. The molecule has 7 nitrogen and oxygen atoms in total. The molecule has 1 aromatic heterocycles. The molecule has 30 heavy (non-hydrogen) atoms. The van der Waals surface area contributed by atoms with Crippen molar-refractivity contribution in [2.45, 2.75) is 52.5 Å². The second kappa shape index (κ2) is 7.63. The number of nitrogens with one attached hydrogen (secondary N) is 2. The summed E-state index contributed by atoms with van der Waals surface area (Å²) in [4.78, 5) is 38.8. The molecule has 2 aromatic rings. The summed E-state index contributed by atoms with van der Waals surface area (Å²) in [7, 11) is 0. The van der Waals surface area contributed by atoms with E-state index in [2.05, 4.69) is 24.5 Å². The Balaban J connectivity index is 1.40. The van der Waals surface area contributed by atoms with Crippen molar-refractivity contribution in [2.75, 3.05) is 16.8 Å². The first-order valence-corrected chi connectivity index (χ1v) is 10.3. The molecule has 0 spiro atoms. The van der Waals surface area contributed by atoms with Crippen LogP contribution in [0.1, 0.15) is 56.2 Å². The third-order valence-corrected chi connectivity index (χ3v) is 5.71. The van der Waals surface area contributed by atoms with Crippen molar-refractivity contribution in [3.05, 3.63) is 47.4 Å². The monoisotopic (exact) mass is 409 g/mol. The van der Waals surface area contributed by atoms with Crippen molar-refractivity contribution < 1.29 is 18.8 Å². The van der Waals surface area contributed by atoms with Crippen molar-refractivity contribution in [3.63, 3.8) is 0 Å². The predicted molar refractivity (Wildman–Crippen MR) is 113 cm³/mol. The average Bonchev–Trinajstić information content (AvgIpc) is 3.04. The molecular formula is C23H27N3O4. The molecule has 158 valence electrons. The number of amides is 3. The van der Waals surface area contributed by atoms with Gasteiger partial charge in [-0.1, -0.05) is 26.0 Å². The zero-order valence-electron chi connectivity index (χ0n) is 17.6. The second-order valence-corrected chi connectivity index (χ2v) is 8.95. The first-order chi connectivity index (χ1) is 14.2. The Morgan fingerprint density at radius 1 is 1.27 bits per heavy atom. The number of nitrogens with zero attached hydrogens (tertiary/aromatic N) is 1. The third kappa shape index (κ3) is 4.10. The lowest BCUT2D eigenvalue weighted by atomic mass is 9.74. The fourth-order valence-electron chi connectivity index (χ4n) is 4.39. The number of hydrogen-bond donors (Lipinski definition) is 2. The molecule has 2 heterocycles. The van der Waals surface area contributed by atoms with Gasteiger partial charge in [0.25, 0.3) is 0 Å². The molecule has 4 rings (SSSR count). The summed E-state index contributed by atoms with van der Waals surface area (Å²) < 4.78 is 5.82. The molecule has 0 saturated carbocycles. The SMILES string of the molecule is Cc1cc2c(o1)CC(C)(C)CC2NC(=O)CCC(=O)N1CC(=O)Nc2ccccc21. The minimum absolute atomic E-state index is 0.0237. The summed E-state index contributed by atoms with van der Waals surface area (Å²) in [6.45, 7) is 6.20. The first kappa shape index (κ1) is 20.2. The molecule has 0 bridgehead atoms. The zero-order chi connectivity index (χ0) is 21.5. The topological polar surface area (TPSA) is 91.7 Å². The van der Waals surface area contributed by atoms with Gasteiger partial charge in [-0.2, -0.15) is 0 Å². The molecule has 3 amide bonds. The van der Waals surface area contributed by atoms with Crippen LogP contribution in [0, 0.1) is 12.3 Å². The van der Waals surface area contributed by atoms with Crippen molar-refractivity contribution in [1.82, 2.24) is 5.32 Å². The molecule has 1 aliphatic carbocycles. The maximum atomic E-state index is 12.8. The van der Waals surface area contributed by atoms with E-state index in [0.717, 1.165) is 29.9 Å². The zero-order valence-corrected chi connectivity index (χ0v) is 17.6. The number of rotatable bonds is 4. The maximum absolute atomic E-state index is 12.8. The summed E-state index contributed by atoms with van der Waals surface area (Å²) in [5.41, 5.74) is 2.33. The van der Waals surface area contributed by atoms with Crippen molar-refractivity contribution in [2.24, 2.45) is 5.41 Å². The molecule has 2 aliphatic rings. The van der Waals surface area contributed by atoms with E-state index in [0.29, 0.717) is 11.4 Å². The molecule has 1 atom stereocenters. The van der Waals surface area contributed by atoms with Crippen LogP contribution in [0.4, 0.5) is 11.4 Å². The summed E-state index contributed by atoms with van der Waals surface area (Å²) >= 11 is 0. The van der Waals surface area contributed by atoms with Gasteiger partial charge in [0.1, 0.15) is 18.1 Å². The van der Waals surface area contributed by atoms with Gasteiger partial charge in [-0.3, -0.25) is 14.4 Å². The number of carbonyl (C=O) groups is 3. The van der Waals surface area contributed by atoms with Gasteiger partial charge in [0, 0.05) is 24.8 Å². The molecule has 1 aliphatic heterocycles. The number of furan rings is 1. The van der Waals surface area contributed by atoms with Crippen molar-refractivity contribution in [1.29, 1.82) is 0 Å². The highest BCUT2D eigenvalue weighted by atomic mass is 16.3. The molecular weight excluding hydrogens is 382 g/mol. The van der Waals surface area contributed by atoms with Gasteiger partial charge in [-0.25, -0.2) is 0 Å². The summed E-state index contributed by atoms with van der Waals surface area (Å²) in [5.74, 6) is 1.12. The lowest BCUT2D eigenvalue weighted by Crippen LogP contribution is -2.42. The molecule has 7 heteroatoms.